The van der Waals surface area contributed by atoms with E-state index in [1.54, 1.807) is 12.7 Å². The summed E-state index contributed by atoms with van der Waals surface area (Å²) in [4.78, 5) is 0. The molecule has 0 saturated heterocycles. The third kappa shape index (κ3) is 5.93. The minimum atomic E-state index is 0.775. The van der Waals surface area contributed by atoms with E-state index in [1.807, 2.05) is 12.1 Å². The average Bonchev–Trinajstić information content (AvgIpc) is 2.84. The van der Waals surface area contributed by atoms with Crippen LogP contribution < -0.4 is 4.74 Å². The van der Waals surface area contributed by atoms with Crippen LogP contribution in [0.3, 0.4) is 0 Å². The lowest BCUT2D eigenvalue weighted by molar-refractivity contribution is 0.113. The molecule has 4 atom stereocenters. The summed E-state index contributed by atoms with van der Waals surface area (Å²) < 4.78 is 5.29. The smallest absolute Gasteiger partial charge is 0.118 e. The van der Waals surface area contributed by atoms with Crippen molar-refractivity contribution in [3.63, 3.8) is 0 Å². The van der Waals surface area contributed by atoms with Gasteiger partial charge in [0, 0.05) is 0 Å². The second-order valence-electron chi connectivity index (χ2n) is 10.3. The van der Waals surface area contributed by atoms with E-state index in [1.165, 1.54) is 88.2 Å². The fraction of sp³-hybridized carbons (Fsp3) is 0.600. The van der Waals surface area contributed by atoms with Crippen molar-refractivity contribution >= 4 is 0 Å². The second-order valence-corrected chi connectivity index (χ2v) is 10.3. The third-order valence-corrected chi connectivity index (χ3v) is 8.24. The van der Waals surface area contributed by atoms with Gasteiger partial charge in [-0.05, 0) is 84.6 Å². The van der Waals surface area contributed by atoms with Gasteiger partial charge in [-0.1, -0.05) is 88.3 Å². The van der Waals surface area contributed by atoms with Crippen molar-refractivity contribution in [3.05, 3.63) is 54.1 Å². The first-order valence-corrected chi connectivity index (χ1v) is 13.0. The quantitative estimate of drug-likeness (QED) is 0.369. The first kappa shape index (κ1) is 22.4. The highest BCUT2D eigenvalue weighted by atomic mass is 16.5. The maximum absolute atomic E-state index is 5.29. The molecule has 0 amide bonds. The molecule has 4 rings (SSSR count). The van der Waals surface area contributed by atoms with Gasteiger partial charge in [0.1, 0.15) is 5.75 Å². The van der Waals surface area contributed by atoms with Crippen molar-refractivity contribution in [3.8, 4) is 16.9 Å². The average molecular weight is 419 g/mol. The Hall–Kier alpha value is -1.76. The summed E-state index contributed by atoms with van der Waals surface area (Å²) in [6, 6.07) is 17.8. The predicted molar refractivity (Wildman–Crippen MR) is 133 cm³/mol. The fourth-order valence-corrected chi connectivity index (χ4v) is 6.32. The van der Waals surface area contributed by atoms with Crippen LogP contribution in [0.4, 0.5) is 0 Å². The molecule has 0 aromatic heterocycles. The number of fused-ring (bicyclic) bond motifs is 1. The highest BCUT2D eigenvalue weighted by molar-refractivity contribution is 5.64. The van der Waals surface area contributed by atoms with Gasteiger partial charge >= 0.3 is 0 Å². The zero-order chi connectivity index (χ0) is 21.5. The van der Waals surface area contributed by atoms with E-state index in [0.29, 0.717) is 0 Å². The summed E-state index contributed by atoms with van der Waals surface area (Å²) >= 11 is 0. The lowest BCUT2D eigenvalue weighted by atomic mass is 9.63. The van der Waals surface area contributed by atoms with Crippen LogP contribution >= 0.6 is 0 Å². The topological polar surface area (TPSA) is 9.23 Å². The van der Waals surface area contributed by atoms with Crippen LogP contribution in [0.25, 0.3) is 11.1 Å². The van der Waals surface area contributed by atoms with E-state index in [-0.39, 0.29) is 0 Å². The second kappa shape index (κ2) is 11.2. The molecule has 2 aromatic carbocycles. The van der Waals surface area contributed by atoms with E-state index in [9.17, 15) is 0 Å². The summed E-state index contributed by atoms with van der Waals surface area (Å²) in [5.41, 5.74) is 4.14. The molecule has 2 aromatic rings. The van der Waals surface area contributed by atoms with Crippen LogP contribution in [-0.2, 0) is 0 Å². The lowest BCUT2D eigenvalue weighted by Crippen LogP contribution is -2.30. The first-order chi connectivity index (χ1) is 15.3. The number of unbranched alkanes of at least 4 members (excludes halogenated alkanes) is 4. The molecule has 0 radical (unpaired) electrons. The molecule has 0 aliphatic heterocycles. The van der Waals surface area contributed by atoms with Gasteiger partial charge in [-0.25, -0.2) is 0 Å². The molecule has 31 heavy (non-hydrogen) atoms. The number of ether oxygens (including phenoxy) is 1. The molecule has 1 nitrogen and oxygen atoms in total. The monoisotopic (exact) mass is 418 g/mol. The van der Waals surface area contributed by atoms with Crippen LogP contribution in [0.5, 0.6) is 5.75 Å². The lowest BCUT2D eigenvalue weighted by Gasteiger charge is -2.42. The Bertz CT molecular complexity index is 775. The predicted octanol–water partition coefficient (Wildman–Crippen LogP) is 9.02. The molecule has 2 saturated carbocycles. The molecular formula is C30H42O. The Morgan fingerprint density at radius 1 is 0.710 bits per heavy atom. The minimum absolute atomic E-state index is 0.775. The summed E-state index contributed by atoms with van der Waals surface area (Å²) in [7, 11) is 1.72. The number of rotatable bonds is 9. The van der Waals surface area contributed by atoms with Gasteiger partial charge < -0.3 is 4.74 Å². The highest BCUT2D eigenvalue weighted by Gasteiger charge is 2.35. The summed E-state index contributed by atoms with van der Waals surface area (Å²) in [5.74, 6) is 4.73. The van der Waals surface area contributed by atoms with Gasteiger partial charge in [0.25, 0.3) is 0 Å². The van der Waals surface area contributed by atoms with Gasteiger partial charge in [-0.15, -0.1) is 0 Å². The Kier molecular flexibility index (Phi) is 8.11. The van der Waals surface area contributed by atoms with Crippen molar-refractivity contribution in [2.75, 3.05) is 7.11 Å². The van der Waals surface area contributed by atoms with E-state index < -0.39 is 0 Å². The number of methoxy groups -OCH3 is 1. The van der Waals surface area contributed by atoms with Gasteiger partial charge in [0.2, 0.25) is 0 Å². The molecule has 1 unspecified atom stereocenters. The number of hydrogen-bond donors (Lipinski definition) is 0. The summed E-state index contributed by atoms with van der Waals surface area (Å²) in [5, 5.41) is 0. The Morgan fingerprint density at radius 3 is 2.06 bits per heavy atom. The molecule has 2 aliphatic rings. The van der Waals surface area contributed by atoms with Crippen LogP contribution in [0.2, 0.25) is 0 Å². The van der Waals surface area contributed by atoms with Crippen LogP contribution in [0.1, 0.15) is 95.5 Å². The third-order valence-electron chi connectivity index (χ3n) is 8.24. The fourth-order valence-electron chi connectivity index (χ4n) is 6.32. The molecular weight excluding hydrogens is 376 g/mol. The van der Waals surface area contributed by atoms with Crippen molar-refractivity contribution in [2.24, 2.45) is 17.8 Å². The molecule has 2 fully saturated rings. The zero-order valence-corrected chi connectivity index (χ0v) is 19.8. The Morgan fingerprint density at radius 2 is 1.35 bits per heavy atom. The van der Waals surface area contributed by atoms with Gasteiger partial charge in [0.15, 0.2) is 0 Å². The van der Waals surface area contributed by atoms with Crippen molar-refractivity contribution < 1.29 is 4.74 Å². The largest absolute Gasteiger partial charge is 0.497 e. The molecule has 0 heterocycles. The van der Waals surface area contributed by atoms with Crippen LogP contribution in [-0.4, -0.2) is 7.11 Å². The van der Waals surface area contributed by atoms with Gasteiger partial charge in [-0.3, -0.25) is 0 Å². The molecule has 1 heteroatoms. The van der Waals surface area contributed by atoms with Gasteiger partial charge in [-0.2, -0.15) is 0 Å². The highest BCUT2D eigenvalue weighted by Crippen LogP contribution is 2.48. The minimum Gasteiger partial charge on any atom is -0.497 e. The maximum Gasteiger partial charge on any atom is 0.118 e. The van der Waals surface area contributed by atoms with E-state index in [4.69, 9.17) is 4.74 Å². The molecule has 168 valence electrons. The van der Waals surface area contributed by atoms with E-state index in [0.717, 1.165) is 29.4 Å². The molecule has 0 spiro atoms. The van der Waals surface area contributed by atoms with Crippen LogP contribution in [0, 0.1) is 17.8 Å². The molecule has 0 bridgehead atoms. The summed E-state index contributed by atoms with van der Waals surface area (Å²) in [6.07, 6.45) is 17.5. The SMILES string of the molecule is CCCCCCCC1CC[C@@H]2C[C@H](c3ccc(-c4ccc(OC)cc4)cc3)CC[C@@H]2C1. The number of hydrogen-bond acceptors (Lipinski definition) is 1. The number of benzene rings is 2. The van der Waals surface area contributed by atoms with Crippen molar-refractivity contribution in [2.45, 2.75) is 89.9 Å². The van der Waals surface area contributed by atoms with E-state index in [2.05, 4.69) is 43.3 Å². The maximum atomic E-state index is 5.29. The van der Waals surface area contributed by atoms with E-state index >= 15 is 0 Å². The van der Waals surface area contributed by atoms with Crippen molar-refractivity contribution in [1.29, 1.82) is 0 Å². The normalized spacial score (nSPS) is 25.7. The van der Waals surface area contributed by atoms with Gasteiger partial charge in [0.05, 0.1) is 7.11 Å². The van der Waals surface area contributed by atoms with Crippen molar-refractivity contribution in [1.82, 2.24) is 0 Å². The van der Waals surface area contributed by atoms with Crippen LogP contribution in [0.15, 0.2) is 48.5 Å². The Labute approximate surface area is 190 Å². The molecule has 2 aliphatic carbocycles. The Balaban J connectivity index is 1.27. The zero-order valence-electron chi connectivity index (χ0n) is 19.8. The standard InChI is InChI=1S/C30H42O/c1-3-4-5-6-7-8-23-9-10-29-22-28(16-15-27(29)21-23)26-13-11-24(12-14-26)25-17-19-30(31-2)20-18-25/h11-14,17-20,23,27-29H,3-10,15-16,21-22H2,1-2H3/t23?,27-,28-,29-/m1/s1. The summed E-state index contributed by atoms with van der Waals surface area (Å²) in [6.45, 7) is 2.31. The first-order valence-electron chi connectivity index (χ1n) is 13.0. The molecule has 0 N–H and O–H groups in total.